The van der Waals surface area contributed by atoms with Crippen LogP contribution < -0.4 is 70.8 Å². The minimum absolute atomic E-state index is 0. The second-order valence-corrected chi connectivity index (χ2v) is 33.8. The molecule has 0 aromatic carbocycles. The van der Waals surface area contributed by atoms with Crippen LogP contribution in [0.4, 0.5) is 42.8 Å². The molecule has 8 aromatic rings. The quantitative estimate of drug-likeness (QED) is 0.0377. The molecule has 8 aromatic heterocycles. The summed E-state index contributed by atoms with van der Waals surface area (Å²) in [7, 11) is 0. The second kappa shape index (κ2) is 45.5. The summed E-state index contributed by atoms with van der Waals surface area (Å²) < 4.78 is 0. The van der Waals surface area contributed by atoms with Gasteiger partial charge in [0.1, 0.15) is 0 Å². The number of carbonyl (C=O) groups is 16. The molecule has 0 saturated carbocycles. The Hall–Kier alpha value is -12.9. The van der Waals surface area contributed by atoms with E-state index in [9.17, 15) is 76.7 Å². The summed E-state index contributed by atoms with van der Waals surface area (Å²) in [6.07, 6.45) is 17.9. The van der Waals surface area contributed by atoms with Crippen LogP contribution in [0.2, 0.25) is 0 Å². The van der Waals surface area contributed by atoms with Crippen LogP contribution in [0.15, 0.2) is 122 Å². The molecular weight excluding hydrogens is 1650 g/mol. The number of likely N-dealkylation sites (tertiary alicyclic amines) is 3. The van der Waals surface area contributed by atoms with E-state index in [1.165, 1.54) is 146 Å². The van der Waals surface area contributed by atoms with Crippen molar-refractivity contribution in [2.45, 2.75) is 145 Å². The molecule has 40 heteroatoms. The first-order valence-electron chi connectivity index (χ1n) is 38.3. The minimum Gasteiger partial charge on any atom is -0.366 e. The number of Topliss-reactive ketones (excluding diaryl/α,β-unsaturated/α-hetero) is 1. The number of nitrogens with two attached hydrogens (primary N) is 4. The Kier molecular flexibility index (Phi) is 35.9. The maximum absolute atomic E-state index is 13.0. The summed E-state index contributed by atoms with van der Waals surface area (Å²) in [5.74, 6) is -7.44. The Labute approximate surface area is 719 Å². The van der Waals surface area contributed by atoms with Crippen molar-refractivity contribution in [1.82, 2.24) is 40.0 Å². The number of hydrogen-bond donors (Lipinski definition) is 13. The molecule has 4 aliphatic heterocycles. The Morgan fingerprint density at radius 2 is 0.590 bits per heavy atom. The number of aromatic nitrogens is 4. The van der Waals surface area contributed by atoms with Gasteiger partial charge < -0.3 is 85.5 Å². The number of primary amides is 4. The Morgan fingerprint density at radius 1 is 0.336 bits per heavy atom. The fourth-order valence-electron chi connectivity index (χ4n) is 13.1. The van der Waals surface area contributed by atoms with Gasteiger partial charge in [-0.15, -0.1) is 45.3 Å². The number of ketones is 1. The first-order valence-corrected chi connectivity index (χ1v) is 41.5. The highest BCUT2D eigenvalue weighted by molar-refractivity contribution is 7.17. The van der Waals surface area contributed by atoms with E-state index in [2.05, 4.69) is 80.8 Å². The van der Waals surface area contributed by atoms with Gasteiger partial charge in [0.15, 0.2) is 0 Å². The number of nitrogens with one attached hydrogen (secondary N) is 9. The van der Waals surface area contributed by atoms with Gasteiger partial charge in [-0.25, -0.2) is 0 Å². The van der Waals surface area contributed by atoms with Crippen LogP contribution in [-0.4, -0.2) is 155 Å². The molecule has 15 amide bonds. The molecule has 4 aliphatic rings. The number of nitrogens with zero attached hydrogens (tertiary/aromatic N) is 7. The maximum Gasteiger partial charge on any atom is 0.313 e. The molecular formula is C82H100N20O16S4. The topological polar surface area (TPSA) is 547 Å². The highest BCUT2D eigenvalue weighted by atomic mass is 32.1. The third kappa shape index (κ3) is 28.9. The number of hydrogen-bond acceptors (Lipinski definition) is 25. The van der Waals surface area contributed by atoms with E-state index in [-0.39, 0.29) is 112 Å². The van der Waals surface area contributed by atoms with Crippen molar-refractivity contribution in [1.29, 1.82) is 0 Å². The molecule has 0 aliphatic carbocycles. The molecule has 12 rings (SSSR count). The largest absolute Gasteiger partial charge is 0.366 e. The highest BCUT2D eigenvalue weighted by Crippen LogP contribution is 2.42. The van der Waals surface area contributed by atoms with E-state index in [1.807, 2.05) is 45.0 Å². The molecule has 122 heavy (non-hydrogen) atoms. The summed E-state index contributed by atoms with van der Waals surface area (Å²) >= 11 is 5.85. The lowest BCUT2D eigenvalue weighted by atomic mass is 9.93. The van der Waals surface area contributed by atoms with Crippen LogP contribution >= 0.6 is 45.3 Å². The zero-order valence-corrected chi connectivity index (χ0v) is 71.0. The van der Waals surface area contributed by atoms with Crippen LogP contribution in [-0.2, 0) is 57.5 Å². The average molecular weight is 1750 g/mol. The standard InChI is InChI=1S/3C20H23N5O4S.C12H18N2OS.C9H9N3O3.CH4/c3*1-11-3-4-15(16-5-6-17(30-16)23-12(2)26)25(10-11)20(29)19(28)24-14-7-13(18(21)27)8-22-9-14;1-8-3-4-10(13-7-8)11-5-6-12(16-11)14-9(2)15;1-5(13)9(15)12-7-2-6(8(10)14)3-11-4-7;/h3*5-9,11,15H,3-4,10H2,1-2H3,(H2,21,27)(H,23,26)(H,24,28);5-6,8,10,13H,3-4,7H2,1-2H3,(H,14,15);2-4H,1H3,(H2,10,14)(H,12,15);1H4/t2*11-,15+;;;;/m10..../s1. The zero-order valence-electron chi connectivity index (χ0n) is 67.8. The smallest absolute Gasteiger partial charge is 0.313 e. The Bertz CT molecular complexity index is 4800. The van der Waals surface area contributed by atoms with E-state index in [1.54, 1.807) is 51.2 Å². The molecule has 0 bridgehead atoms. The number of rotatable bonds is 17. The van der Waals surface area contributed by atoms with Crippen LogP contribution in [0, 0.1) is 23.7 Å². The van der Waals surface area contributed by atoms with E-state index in [4.69, 9.17) is 22.9 Å². The van der Waals surface area contributed by atoms with Gasteiger partial charge in [-0.2, -0.15) is 0 Å². The predicted molar refractivity (Wildman–Crippen MR) is 465 cm³/mol. The van der Waals surface area contributed by atoms with Gasteiger partial charge in [0.2, 0.25) is 53.0 Å². The molecule has 36 nitrogen and oxygen atoms in total. The maximum atomic E-state index is 13.0. The van der Waals surface area contributed by atoms with Gasteiger partial charge in [0, 0.05) is 105 Å². The molecule has 8 atom stereocenters. The van der Waals surface area contributed by atoms with Gasteiger partial charge in [-0.1, -0.05) is 35.1 Å². The summed E-state index contributed by atoms with van der Waals surface area (Å²) in [6, 6.07) is 20.3. The van der Waals surface area contributed by atoms with Gasteiger partial charge >= 0.3 is 35.4 Å². The van der Waals surface area contributed by atoms with Gasteiger partial charge in [-0.3, -0.25) is 96.6 Å². The SMILES string of the molecule is C.CC(=O)C(=O)Nc1cncc(C(N)=O)c1.CC(=O)Nc1ccc(C2CCC(C)CN2)s1.CC(=O)Nc1ccc(C2CCC(C)CN2C(=O)C(=O)Nc2cncc(C(N)=O)c2)s1.CC(=O)Nc1ccc([C@@H]2CC[C@@H](C)CN2C(=O)C(=O)Nc2cncc(C(N)=O)c2)s1.CC(=O)Nc1ccc([C@H]2CC[C@H](C)CN2C(=O)C(=O)Nc2cncc(C(N)=O)c2)s1. The Morgan fingerprint density at radius 3 is 0.836 bits per heavy atom. The van der Waals surface area contributed by atoms with Gasteiger partial charge in [0.05, 0.1) is 108 Å². The van der Waals surface area contributed by atoms with Crippen molar-refractivity contribution in [3.8, 4) is 0 Å². The lowest BCUT2D eigenvalue weighted by molar-refractivity contribution is -0.146. The number of anilines is 8. The van der Waals surface area contributed by atoms with Crippen molar-refractivity contribution in [2.24, 2.45) is 46.6 Å². The normalized spacial score (nSPS) is 18.2. The lowest BCUT2D eigenvalue weighted by Gasteiger charge is -2.37. The van der Waals surface area contributed by atoms with Gasteiger partial charge in [0.25, 0.3) is 5.91 Å². The predicted octanol–water partition coefficient (Wildman–Crippen LogP) is 9.53. The number of pyridine rings is 4. The van der Waals surface area contributed by atoms with Gasteiger partial charge in [-0.05, 0) is 154 Å². The molecule has 0 spiro atoms. The number of thiophene rings is 4. The van der Waals surface area contributed by atoms with Crippen molar-refractivity contribution in [3.63, 3.8) is 0 Å². The van der Waals surface area contributed by atoms with E-state index in [0.717, 1.165) is 77.5 Å². The van der Waals surface area contributed by atoms with E-state index < -0.39 is 70.8 Å². The summed E-state index contributed by atoms with van der Waals surface area (Å²) in [5.41, 5.74) is 22.2. The summed E-state index contributed by atoms with van der Waals surface area (Å²) in [6.45, 7) is 17.8. The first kappa shape index (κ1) is 96.2. The zero-order chi connectivity index (χ0) is 88.5. The lowest BCUT2D eigenvalue weighted by Crippen LogP contribution is -2.46. The average Bonchev–Trinajstić information content (AvgIpc) is 1.44. The minimum atomic E-state index is -0.809. The molecule has 4 unspecified atom stereocenters. The third-order valence-electron chi connectivity index (χ3n) is 19.0. The first-order chi connectivity index (χ1) is 57.4. The van der Waals surface area contributed by atoms with Crippen molar-refractivity contribution in [3.05, 3.63) is 164 Å². The monoisotopic (exact) mass is 1750 g/mol. The van der Waals surface area contributed by atoms with Crippen molar-refractivity contribution >= 4 is 182 Å². The number of piperidine rings is 4. The molecule has 17 N–H and O–H groups in total. The molecule has 12 heterocycles. The summed E-state index contributed by atoms with van der Waals surface area (Å²) in [4.78, 5) is 212. The molecule has 4 saturated heterocycles. The van der Waals surface area contributed by atoms with Crippen LogP contribution in [0.1, 0.15) is 206 Å². The molecule has 0 radical (unpaired) electrons. The number of carbonyl (C=O) groups excluding carboxylic acids is 16. The Balaban J connectivity index is 0.000000215. The fraction of sp³-hybridized carbons (Fsp3) is 0.366. The second-order valence-electron chi connectivity index (χ2n) is 29.3. The summed E-state index contributed by atoms with van der Waals surface area (Å²) in [5, 5.41) is 27.4. The van der Waals surface area contributed by atoms with Crippen LogP contribution in [0.25, 0.3) is 0 Å². The molecule has 4 fully saturated rings. The van der Waals surface area contributed by atoms with E-state index in [0.29, 0.717) is 40.7 Å². The van der Waals surface area contributed by atoms with Crippen LogP contribution in [0.5, 0.6) is 0 Å². The third-order valence-corrected chi connectivity index (χ3v) is 23.4. The van der Waals surface area contributed by atoms with Crippen molar-refractivity contribution in [2.75, 3.05) is 68.7 Å². The fourth-order valence-corrected chi connectivity index (χ4v) is 17.5. The molecule has 648 valence electrons. The van der Waals surface area contributed by atoms with Crippen molar-refractivity contribution < 1.29 is 76.7 Å². The number of amides is 15. The van der Waals surface area contributed by atoms with Crippen LogP contribution in [0.3, 0.4) is 0 Å². The van der Waals surface area contributed by atoms with E-state index >= 15 is 0 Å². The highest BCUT2D eigenvalue weighted by Gasteiger charge is 2.39.